The third-order valence-electron chi connectivity index (χ3n) is 5.50. The first-order valence-corrected chi connectivity index (χ1v) is 11.6. The maximum Gasteiger partial charge on any atom is 0.433 e. The van der Waals surface area contributed by atoms with Crippen LogP contribution in [0.4, 0.5) is 34.3 Å². The highest BCUT2D eigenvalue weighted by Crippen LogP contribution is 2.30. The fourth-order valence-electron chi connectivity index (χ4n) is 3.81. The number of nitrogens with one attached hydrogen (secondary N) is 2. The van der Waals surface area contributed by atoms with Gasteiger partial charge in [-0.3, -0.25) is 10.3 Å². The summed E-state index contributed by atoms with van der Waals surface area (Å²) < 4.78 is 44.2. The highest BCUT2D eigenvalue weighted by Gasteiger charge is 2.32. The molecule has 0 unspecified atom stereocenters. The number of ether oxygens (including phenoxy) is 1. The third-order valence-corrected chi connectivity index (χ3v) is 5.50. The first-order chi connectivity index (χ1) is 17.4. The van der Waals surface area contributed by atoms with E-state index in [2.05, 4.69) is 20.6 Å². The van der Waals surface area contributed by atoms with E-state index in [-0.39, 0.29) is 11.9 Å². The number of aromatic nitrogens is 2. The van der Waals surface area contributed by atoms with Crippen molar-refractivity contribution in [2.24, 2.45) is 0 Å². The average molecular weight is 514 g/mol. The Hall–Kier alpha value is -4.15. The summed E-state index contributed by atoms with van der Waals surface area (Å²) in [6, 6.07) is 9.75. The minimum absolute atomic E-state index is 0.228. The number of benzene rings is 1. The van der Waals surface area contributed by atoms with Gasteiger partial charge in [0.25, 0.3) is 0 Å². The summed E-state index contributed by atoms with van der Waals surface area (Å²) in [6.07, 6.45) is -0.875. The zero-order valence-corrected chi connectivity index (χ0v) is 20.5. The molecule has 1 aliphatic heterocycles. The molecule has 0 spiro atoms. The Balaban J connectivity index is 1.50. The van der Waals surface area contributed by atoms with E-state index < -0.39 is 23.5 Å². The van der Waals surface area contributed by atoms with Crippen LogP contribution >= 0.6 is 0 Å². The summed E-state index contributed by atoms with van der Waals surface area (Å²) in [7, 11) is 0. The van der Waals surface area contributed by atoms with Crippen LogP contribution < -0.4 is 10.6 Å². The van der Waals surface area contributed by atoms with Gasteiger partial charge >= 0.3 is 18.3 Å². The van der Waals surface area contributed by atoms with Crippen molar-refractivity contribution in [1.82, 2.24) is 14.9 Å². The molecule has 1 aliphatic rings. The molecule has 3 amide bonds. The molecular formula is C26H26F3N5O3. The van der Waals surface area contributed by atoms with Gasteiger partial charge in [0.05, 0.1) is 11.2 Å². The summed E-state index contributed by atoms with van der Waals surface area (Å²) in [5.41, 5.74) is 1.34. The average Bonchev–Trinajstić information content (AvgIpc) is 2.83. The van der Waals surface area contributed by atoms with Gasteiger partial charge in [-0.2, -0.15) is 13.2 Å². The van der Waals surface area contributed by atoms with Crippen molar-refractivity contribution in [2.75, 3.05) is 23.7 Å². The molecule has 3 aromatic rings. The SMILES string of the molecule is CC(C)(C)OC(=O)N1CC=C(c2ccc3nccc(NC(=O)Nc4cccc(C(F)(F)F)n4)c3c2)CC1. The molecule has 0 fully saturated rings. The minimum Gasteiger partial charge on any atom is -0.444 e. The lowest BCUT2D eigenvalue weighted by Crippen LogP contribution is -2.39. The summed E-state index contributed by atoms with van der Waals surface area (Å²) in [6.45, 7) is 6.37. The summed E-state index contributed by atoms with van der Waals surface area (Å²) >= 11 is 0. The Morgan fingerprint density at radius 2 is 1.84 bits per heavy atom. The van der Waals surface area contributed by atoms with Gasteiger partial charge in [0.15, 0.2) is 0 Å². The maximum atomic E-state index is 12.9. The predicted octanol–water partition coefficient (Wildman–Crippen LogP) is 6.32. The van der Waals surface area contributed by atoms with Gasteiger partial charge in [0, 0.05) is 24.7 Å². The van der Waals surface area contributed by atoms with Crippen molar-refractivity contribution in [3.63, 3.8) is 0 Å². The van der Waals surface area contributed by atoms with E-state index >= 15 is 0 Å². The van der Waals surface area contributed by atoms with Crippen LogP contribution in [0.3, 0.4) is 0 Å². The maximum absolute atomic E-state index is 12.9. The summed E-state index contributed by atoms with van der Waals surface area (Å²) in [4.78, 5) is 34.3. The van der Waals surface area contributed by atoms with Crippen molar-refractivity contribution in [2.45, 2.75) is 39.0 Å². The molecule has 0 aliphatic carbocycles. The molecule has 37 heavy (non-hydrogen) atoms. The number of fused-ring (bicyclic) bond motifs is 1. The second-order valence-electron chi connectivity index (χ2n) is 9.48. The fraction of sp³-hybridized carbons (Fsp3) is 0.308. The highest BCUT2D eigenvalue weighted by atomic mass is 19.4. The van der Waals surface area contributed by atoms with Crippen LogP contribution in [0.5, 0.6) is 0 Å². The Labute approximate surface area is 211 Å². The lowest BCUT2D eigenvalue weighted by atomic mass is 9.97. The fourth-order valence-corrected chi connectivity index (χ4v) is 3.81. The molecule has 0 saturated carbocycles. The zero-order chi connectivity index (χ0) is 26.8. The number of alkyl halides is 3. The van der Waals surface area contributed by atoms with E-state index in [1.165, 1.54) is 18.3 Å². The van der Waals surface area contributed by atoms with Gasteiger partial charge in [0.1, 0.15) is 17.1 Å². The number of carbonyl (C=O) groups excluding carboxylic acids is 2. The number of amides is 3. The van der Waals surface area contributed by atoms with Crippen LogP contribution in [0.25, 0.3) is 16.5 Å². The number of halogens is 3. The molecule has 0 saturated heterocycles. The Kier molecular flexibility index (Phi) is 7.06. The number of nitrogens with zero attached hydrogens (tertiary/aromatic N) is 3. The number of anilines is 2. The monoisotopic (exact) mass is 513 g/mol. The van der Waals surface area contributed by atoms with E-state index in [1.54, 1.807) is 11.0 Å². The van der Waals surface area contributed by atoms with E-state index in [0.717, 1.165) is 17.2 Å². The van der Waals surface area contributed by atoms with Gasteiger partial charge in [-0.15, -0.1) is 0 Å². The van der Waals surface area contributed by atoms with Gasteiger partial charge in [-0.25, -0.2) is 14.6 Å². The molecule has 3 heterocycles. The molecule has 8 nitrogen and oxygen atoms in total. The van der Waals surface area contributed by atoms with Crippen LogP contribution in [-0.4, -0.2) is 45.7 Å². The molecule has 11 heteroatoms. The second kappa shape index (κ2) is 10.1. The molecule has 1 aromatic carbocycles. The number of hydrogen-bond donors (Lipinski definition) is 2. The zero-order valence-electron chi connectivity index (χ0n) is 20.5. The highest BCUT2D eigenvalue weighted by molar-refractivity contribution is 6.05. The molecule has 194 valence electrons. The minimum atomic E-state index is -4.62. The van der Waals surface area contributed by atoms with Crippen LogP contribution in [0, 0.1) is 0 Å². The van der Waals surface area contributed by atoms with Crippen molar-refractivity contribution in [1.29, 1.82) is 0 Å². The molecule has 2 N–H and O–H groups in total. The molecule has 4 rings (SSSR count). The normalized spacial score (nSPS) is 14.2. The van der Waals surface area contributed by atoms with E-state index in [1.807, 2.05) is 45.0 Å². The molecule has 2 aromatic heterocycles. The van der Waals surface area contributed by atoms with Crippen LogP contribution in [-0.2, 0) is 10.9 Å². The number of hydrogen-bond acceptors (Lipinski definition) is 5. The number of rotatable bonds is 3. The summed E-state index contributed by atoms with van der Waals surface area (Å²) in [5, 5.41) is 5.66. The number of urea groups is 1. The Bertz CT molecular complexity index is 1370. The molecule has 0 bridgehead atoms. The predicted molar refractivity (Wildman–Crippen MR) is 134 cm³/mol. The quantitative estimate of drug-likeness (QED) is 0.428. The third kappa shape index (κ3) is 6.54. The standard InChI is InChI=1S/C26H26F3N5O3/c1-25(2,3)37-24(36)34-13-10-16(11-14-34)17-7-8-19-18(15-17)20(9-12-30-19)31-23(35)33-22-6-4-5-21(32-22)26(27,28)29/h4-10,12,15H,11,13-14H2,1-3H3,(H2,30,31,32,33,35). The smallest absolute Gasteiger partial charge is 0.433 e. The molecule has 0 radical (unpaired) electrons. The van der Waals surface area contributed by atoms with Gasteiger partial charge in [0.2, 0.25) is 0 Å². The Morgan fingerprint density at radius 3 is 2.51 bits per heavy atom. The van der Waals surface area contributed by atoms with Crippen LogP contribution in [0.2, 0.25) is 0 Å². The number of pyridine rings is 2. The molecular weight excluding hydrogens is 487 g/mol. The number of carbonyl (C=O) groups is 2. The topological polar surface area (TPSA) is 96.5 Å². The van der Waals surface area contributed by atoms with Crippen molar-refractivity contribution in [3.8, 4) is 0 Å². The largest absolute Gasteiger partial charge is 0.444 e. The van der Waals surface area contributed by atoms with Crippen LogP contribution in [0.1, 0.15) is 38.4 Å². The van der Waals surface area contributed by atoms with Crippen molar-refractivity contribution < 1.29 is 27.5 Å². The van der Waals surface area contributed by atoms with Gasteiger partial charge in [-0.05, 0) is 68.7 Å². The summed E-state index contributed by atoms with van der Waals surface area (Å²) in [5.74, 6) is -0.228. The van der Waals surface area contributed by atoms with Crippen molar-refractivity contribution in [3.05, 3.63) is 66.0 Å². The van der Waals surface area contributed by atoms with E-state index in [0.29, 0.717) is 36.1 Å². The first kappa shape index (κ1) is 25.9. The van der Waals surface area contributed by atoms with Crippen molar-refractivity contribution >= 4 is 40.1 Å². The van der Waals surface area contributed by atoms with E-state index in [9.17, 15) is 22.8 Å². The van der Waals surface area contributed by atoms with E-state index in [4.69, 9.17) is 4.74 Å². The lowest BCUT2D eigenvalue weighted by molar-refractivity contribution is -0.141. The second-order valence-corrected chi connectivity index (χ2v) is 9.48. The Morgan fingerprint density at radius 1 is 1.05 bits per heavy atom. The first-order valence-electron chi connectivity index (χ1n) is 11.6. The van der Waals surface area contributed by atoms with Crippen LogP contribution in [0.15, 0.2) is 54.7 Å². The lowest BCUT2D eigenvalue weighted by Gasteiger charge is -2.29. The van der Waals surface area contributed by atoms with Gasteiger partial charge < -0.3 is 15.0 Å². The van der Waals surface area contributed by atoms with Gasteiger partial charge in [-0.1, -0.05) is 18.2 Å². The molecule has 0 atom stereocenters.